The van der Waals surface area contributed by atoms with Crippen LogP contribution in [0.5, 0.6) is 0 Å². The van der Waals surface area contributed by atoms with E-state index in [1.165, 1.54) is 44.2 Å². The summed E-state index contributed by atoms with van der Waals surface area (Å²) in [6.07, 6.45) is 4.73. The van der Waals surface area contributed by atoms with Gasteiger partial charge in [-0.25, -0.2) is 9.97 Å². The maximum atomic E-state index is 6.66. The molecule has 3 nitrogen and oxygen atoms in total. The first-order chi connectivity index (χ1) is 18.2. The molecule has 0 fully saturated rings. The van der Waals surface area contributed by atoms with Crippen LogP contribution in [0.3, 0.4) is 0 Å². The summed E-state index contributed by atoms with van der Waals surface area (Å²) in [5, 5.41) is 2.41. The Morgan fingerprint density at radius 3 is 2.49 bits per heavy atom. The number of hydrogen-bond acceptors (Lipinski definition) is 3. The maximum absolute atomic E-state index is 6.66. The molecule has 1 aliphatic rings. The van der Waals surface area contributed by atoms with Crippen molar-refractivity contribution in [1.29, 1.82) is 0 Å². The molecule has 0 saturated heterocycles. The molecule has 0 aliphatic heterocycles. The molecule has 180 valence electrons. The smallest absolute Gasteiger partial charge is 0.179 e. The first kappa shape index (κ1) is 22.0. The number of benzene rings is 4. The second-order valence-electron chi connectivity index (χ2n) is 10.5. The predicted octanol–water partition coefficient (Wildman–Crippen LogP) is 8.67. The Morgan fingerprint density at radius 1 is 0.784 bits per heavy atom. The Morgan fingerprint density at radius 2 is 1.62 bits per heavy atom. The molecule has 3 heteroatoms. The summed E-state index contributed by atoms with van der Waals surface area (Å²) in [5.41, 5.74) is 11.2. The molecule has 0 atom stereocenters. The Balaban J connectivity index is 1.42. The Bertz CT molecular complexity index is 1780. The Hall–Kier alpha value is -4.24. The van der Waals surface area contributed by atoms with Gasteiger partial charge in [-0.3, -0.25) is 0 Å². The molecule has 0 N–H and O–H groups in total. The third kappa shape index (κ3) is 3.74. The molecule has 4 aromatic carbocycles. The van der Waals surface area contributed by atoms with Crippen molar-refractivity contribution in [1.82, 2.24) is 9.97 Å². The fourth-order valence-corrected chi connectivity index (χ4v) is 5.85. The van der Waals surface area contributed by atoms with Gasteiger partial charge in [0.15, 0.2) is 5.58 Å². The van der Waals surface area contributed by atoms with Gasteiger partial charge in [0, 0.05) is 16.7 Å². The van der Waals surface area contributed by atoms with E-state index in [0.29, 0.717) is 5.92 Å². The summed E-state index contributed by atoms with van der Waals surface area (Å²) in [5.74, 6) is 1.60. The second kappa shape index (κ2) is 8.70. The zero-order chi connectivity index (χ0) is 24.9. The fraction of sp³-hybridized carbons (Fsp3) is 0.176. The van der Waals surface area contributed by atoms with Gasteiger partial charge in [0.1, 0.15) is 23.3 Å². The van der Waals surface area contributed by atoms with E-state index < -0.39 is 0 Å². The maximum Gasteiger partial charge on any atom is 0.179 e. The van der Waals surface area contributed by atoms with Crippen LogP contribution in [0.4, 0.5) is 0 Å². The summed E-state index contributed by atoms with van der Waals surface area (Å²) in [4.78, 5) is 9.47. The van der Waals surface area contributed by atoms with E-state index in [9.17, 15) is 0 Å². The highest BCUT2D eigenvalue weighted by Gasteiger charge is 2.26. The van der Waals surface area contributed by atoms with E-state index in [2.05, 4.69) is 98.8 Å². The highest BCUT2D eigenvalue weighted by Crippen LogP contribution is 2.43. The van der Waals surface area contributed by atoms with Crippen LogP contribution in [0.25, 0.3) is 55.6 Å². The standard InChI is InChI=1S/C34H28N2O/c1-21(2)16-22-12-14-28-25(17-22)13-15-29-32-34(37-33(28)29)31(35-20-36-32)26-18-24-10-6-7-11-27(24)30(19-26)23-8-4-3-5-9-23/h3-12,14,17-21H,13,15-16H2,1-2H3. The first-order valence-corrected chi connectivity index (χ1v) is 13.1. The molecule has 6 aromatic rings. The lowest BCUT2D eigenvalue weighted by Gasteiger charge is -2.16. The van der Waals surface area contributed by atoms with E-state index in [1.54, 1.807) is 6.33 Å². The zero-order valence-corrected chi connectivity index (χ0v) is 21.2. The van der Waals surface area contributed by atoms with E-state index >= 15 is 0 Å². The molecule has 0 radical (unpaired) electrons. The molecule has 0 saturated carbocycles. The normalized spacial score (nSPS) is 12.7. The van der Waals surface area contributed by atoms with Crippen LogP contribution in [0, 0.1) is 5.92 Å². The molecular formula is C34H28N2O. The minimum absolute atomic E-state index is 0.643. The predicted molar refractivity (Wildman–Crippen MR) is 152 cm³/mol. The summed E-state index contributed by atoms with van der Waals surface area (Å²) in [6.45, 7) is 4.54. The van der Waals surface area contributed by atoms with Gasteiger partial charge in [-0.1, -0.05) is 86.6 Å². The largest absolute Gasteiger partial charge is 0.452 e. The van der Waals surface area contributed by atoms with E-state index in [0.717, 1.165) is 47.4 Å². The van der Waals surface area contributed by atoms with Crippen molar-refractivity contribution in [2.24, 2.45) is 5.92 Å². The Kier molecular flexibility index (Phi) is 5.17. The Labute approximate surface area is 216 Å². The van der Waals surface area contributed by atoms with Crippen molar-refractivity contribution in [3.05, 3.63) is 108 Å². The summed E-state index contributed by atoms with van der Waals surface area (Å²) in [6, 6.07) is 30.4. The van der Waals surface area contributed by atoms with Crippen LogP contribution in [-0.4, -0.2) is 9.97 Å². The van der Waals surface area contributed by atoms with Gasteiger partial charge in [0.25, 0.3) is 0 Å². The van der Waals surface area contributed by atoms with Crippen LogP contribution in [0.15, 0.2) is 95.7 Å². The summed E-state index contributed by atoms with van der Waals surface area (Å²) in [7, 11) is 0. The molecule has 0 spiro atoms. The molecule has 2 heterocycles. The second-order valence-corrected chi connectivity index (χ2v) is 10.5. The summed E-state index contributed by atoms with van der Waals surface area (Å²) >= 11 is 0. The van der Waals surface area contributed by atoms with Crippen LogP contribution in [0.1, 0.15) is 30.5 Å². The number of rotatable bonds is 4. The van der Waals surface area contributed by atoms with Crippen LogP contribution < -0.4 is 0 Å². The lowest BCUT2D eigenvalue weighted by Crippen LogP contribution is -2.04. The fourth-order valence-electron chi connectivity index (χ4n) is 5.85. The molecular weight excluding hydrogens is 452 g/mol. The van der Waals surface area contributed by atoms with Crippen molar-refractivity contribution in [3.8, 4) is 33.7 Å². The van der Waals surface area contributed by atoms with Gasteiger partial charge in [0.05, 0.1) is 0 Å². The monoisotopic (exact) mass is 480 g/mol. The van der Waals surface area contributed by atoms with Gasteiger partial charge < -0.3 is 4.42 Å². The van der Waals surface area contributed by atoms with Gasteiger partial charge in [0.2, 0.25) is 0 Å². The number of hydrogen-bond donors (Lipinski definition) is 0. The highest BCUT2D eigenvalue weighted by atomic mass is 16.3. The minimum Gasteiger partial charge on any atom is -0.452 e. The van der Waals surface area contributed by atoms with Gasteiger partial charge >= 0.3 is 0 Å². The number of aryl methyl sites for hydroxylation is 2. The summed E-state index contributed by atoms with van der Waals surface area (Å²) < 4.78 is 6.66. The minimum atomic E-state index is 0.643. The molecule has 7 rings (SSSR count). The lowest BCUT2D eigenvalue weighted by molar-refractivity contribution is 0.619. The van der Waals surface area contributed by atoms with Gasteiger partial charge in [-0.2, -0.15) is 0 Å². The molecule has 2 aromatic heterocycles. The average molecular weight is 481 g/mol. The van der Waals surface area contributed by atoms with Gasteiger partial charge in [-0.05, 0) is 70.3 Å². The van der Waals surface area contributed by atoms with Crippen LogP contribution >= 0.6 is 0 Å². The molecule has 37 heavy (non-hydrogen) atoms. The van der Waals surface area contributed by atoms with Crippen LogP contribution in [0.2, 0.25) is 0 Å². The topological polar surface area (TPSA) is 38.9 Å². The lowest BCUT2D eigenvalue weighted by atomic mass is 9.88. The number of aromatic nitrogens is 2. The average Bonchev–Trinajstić information content (AvgIpc) is 3.32. The van der Waals surface area contributed by atoms with E-state index in [1.807, 2.05) is 0 Å². The molecule has 0 amide bonds. The zero-order valence-electron chi connectivity index (χ0n) is 21.2. The number of nitrogens with zero attached hydrogens (tertiary/aromatic N) is 2. The number of furan rings is 1. The van der Waals surface area contributed by atoms with E-state index in [4.69, 9.17) is 14.4 Å². The van der Waals surface area contributed by atoms with Crippen molar-refractivity contribution in [2.45, 2.75) is 33.1 Å². The van der Waals surface area contributed by atoms with Crippen molar-refractivity contribution in [3.63, 3.8) is 0 Å². The SMILES string of the molecule is CC(C)Cc1ccc2c(c1)CCc1c-2oc2c(-c3cc(-c4ccccc4)c4ccccc4c3)ncnc12. The quantitative estimate of drug-likeness (QED) is 0.253. The number of fused-ring (bicyclic) bond motifs is 6. The molecule has 1 aliphatic carbocycles. The molecule has 0 unspecified atom stereocenters. The van der Waals surface area contributed by atoms with Crippen molar-refractivity contribution in [2.75, 3.05) is 0 Å². The van der Waals surface area contributed by atoms with Crippen molar-refractivity contribution >= 4 is 21.9 Å². The third-order valence-electron chi connectivity index (χ3n) is 7.49. The van der Waals surface area contributed by atoms with Crippen molar-refractivity contribution < 1.29 is 4.42 Å². The first-order valence-electron chi connectivity index (χ1n) is 13.1. The molecule has 0 bridgehead atoms. The van der Waals surface area contributed by atoms with Crippen LogP contribution in [-0.2, 0) is 19.3 Å². The highest BCUT2D eigenvalue weighted by molar-refractivity contribution is 6.02. The van der Waals surface area contributed by atoms with Gasteiger partial charge in [-0.15, -0.1) is 0 Å². The van der Waals surface area contributed by atoms with E-state index in [-0.39, 0.29) is 0 Å². The third-order valence-corrected chi connectivity index (χ3v) is 7.49.